The van der Waals surface area contributed by atoms with E-state index in [1.54, 1.807) is 7.11 Å². The normalized spacial score (nSPS) is 13.4. The molecular formula is C24H30N2O4. The average molecular weight is 411 g/mol. The van der Waals surface area contributed by atoms with E-state index < -0.39 is 0 Å². The van der Waals surface area contributed by atoms with E-state index in [9.17, 15) is 9.59 Å². The first-order valence-electron chi connectivity index (χ1n) is 10.5. The lowest BCUT2D eigenvalue weighted by atomic mass is 10.1. The van der Waals surface area contributed by atoms with E-state index in [0.717, 1.165) is 29.8 Å². The van der Waals surface area contributed by atoms with Gasteiger partial charge in [0.1, 0.15) is 0 Å². The lowest BCUT2D eigenvalue weighted by Crippen LogP contribution is -2.31. The predicted molar refractivity (Wildman–Crippen MR) is 117 cm³/mol. The maximum atomic E-state index is 12.9. The van der Waals surface area contributed by atoms with Crippen LogP contribution >= 0.6 is 0 Å². The molecule has 0 aliphatic carbocycles. The van der Waals surface area contributed by atoms with Crippen molar-refractivity contribution in [2.24, 2.45) is 0 Å². The van der Waals surface area contributed by atoms with E-state index in [4.69, 9.17) is 9.47 Å². The van der Waals surface area contributed by atoms with Crippen LogP contribution in [0.1, 0.15) is 37.8 Å². The van der Waals surface area contributed by atoms with Gasteiger partial charge in [0.05, 0.1) is 20.1 Å². The van der Waals surface area contributed by atoms with Crippen LogP contribution in [0.5, 0.6) is 11.5 Å². The molecule has 1 fully saturated rings. The lowest BCUT2D eigenvalue weighted by molar-refractivity contribution is -0.130. The average Bonchev–Trinajstić information content (AvgIpc) is 3.19. The Morgan fingerprint density at radius 3 is 2.40 bits per heavy atom. The van der Waals surface area contributed by atoms with Crippen LogP contribution in [-0.4, -0.2) is 43.5 Å². The minimum absolute atomic E-state index is 0.0651. The first kappa shape index (κ1) is 21.7. The van der Waals surface area contributed by atoms with Crippen LogP contribution in [0.2, 0.25) is 0 Å². The second-order valence-corrected chi connectivity index (χ2v) is 7.32. The van der Waals surface area contributed by atoms with Gasteiger partial charge in [0.2, 0.25) is 11.8 Å². The van der Waals surface area contributed by atoms with Crippen LogP contribution in [0.4, 0.5) is 5.69 Å². The van der Waals surface area contributed by atoms with Gasteiger partial charge in [-0.05, 0) is 55.7 Å². The topological polar surface area (TPSA) is 59.1 Å². The molecule has 1 aliphatic heterocycles. The van der Waals surface area contributed by atoms with Crippen molar-refractivity contribution < 1.29 is 19.1 Å². The molecule has 6 heteroatoms. The molecule has 2 aromatic rings. The van der Waals surface area contributed by atoms with Gasteiger partial charge in [0, 0.05) is 31.7 Å². The van der Waals surface area contributed by atoms with E-state index in [0.29, 0.717) is 44.0 Å². The Morgan fingerprint density at radius 2 is 1.80 bits per heavy atom. The van der Waals surface area contributed by atoms with E-state index >= 15 is 0 Å². The Bertz CT molecular complexity index is 879. The molecule has 6 nitrogen and oxygen atoms in total. The lowest BCUT2D eigenvalue weighted by Gasteiger charge is -2.22. The smallest absolute Gasteiger partial charge is 0.227 e. The fraction of sp³-hybridized carbons (Fsp3) is 0.417. The van der Waals surface area contributed by atoms with Gasteiger partial charge in [-0.1, -0.05) is 18.2 Å². The molecule has 0 unspecified atom stereocenters. The zero-order chi connectivity index (χ0) is 21.5. The summed E-state index contributed by atoms with van der Waals surface area (Å²) in [5.41, 5.74) is 2.84. The highest BCUT2D eigenvalue weighted by Gasteiger charge is 2.21. The van der Waals surface area contributed by atoms with Crippen molar-refractivity contribution in [3.05, 3.63) is 53.6 Å². The van der Waals surface area contributed by atoms with Gasteiger partial charge in [0.25, 0.3) is 0 Å². The molecule has 0 saturated carbocycles. The summed E-state index contributed by atoms with van der Waals surface area (Å²) in [4.78, 5) is 28.4. The second-order valence-electron chi connectivity index (χ2n) is 7.32. The van der Waals surface area contributed by atoms with Gasteiger partial charge in [-0.2, -0.15) is 0 Å². The minimum Gasteiger partial charge on any atom is -0.493 e. The first-order chi connectivity index (χ1) is 14.5. The summed E-state index contributed by atoms with van der Waals surface area (Å²) in [6.07, 6.45) is 1.85. The van der Waals surface area contributed by atoms with Gasteiger partial charge in [-0.25, -0.2) is 0 Å². The van der Waals surface area contributed by atoms with Gasteiger partial charge in [-0.3, -0.25) is 9.59 Å². The SMILES string of the molecule is CCOc1ccc(CN(CC)C(=O)Cc2ccc(N3CCCC3=O)cc2)cc1OC. The van der Waals surface area contributed by atoms with Gasteiger partial charge in [-0.15, -0.1) is 0 Å². The maximum Gasteiger partial charge on any atom is 0.227 e. The van der Waals surface area contributed by atoms with Gasteiger partial charge in [0.15, 0.2) is 11.5 Å². The quantitative estimate of drug-likeness (QED) is 0.631. The number of likely N-dealkylation sites (N-methyl/N-ethyl adjacent to an activating group) is 1. The first-order valence-corrected chi connectivity index (χ1v) is 10.5. The molecular weight excluding hydrogens is 380 g/mol. The molecule has 0 atom stereocenters. The third kappa shape index (κ3) is 5.12. The van der Waals surface area contributed by atoms with Gasteiger partial charge >= 0.3 is 0 Å². The Hall–Kier alpha value is -3.02. The zero-order valence-electron chi connectivity index (χ0n) is 18.0. The van der Waals surface area contributed by atoms with Crippen molar-refractivity contribution in [1.82, 2.24) is 4.90 Å². The molecule has 1 saturated heterocycles. The number of carbonyl (C=O) groups is 2. The third-order valence-electron chi connectivity index (χ3n) is 5.31. The number of nitrogens with zero attached hydrogens (tertiary/aromatic N) is 2. The van der Waals surface area contributed by atoms with Crippen molar-refractivity contribution in [3.63, 3.8) is 0 Å². The van der Waals surface area contributed by atoms with Crippen LogP contribution in [0, 0.1) is 0 Å². The summed E-state index contributed by atoms with van der Waals surface area (Å²) in [7, 11) is 1.61. The fourth-order valence-electron chi connectivity index (χ4n) is 3.68. The highest BCUT2D eigenvalue weighted by Crippen LogP contribution is 2.28. The molecule has 0 spiro atoms. The minimum atomic E-state index is 0.0651. The summed E-state index contributed by atoms with van der Waals surface area (Å²) in [6.45, 7) is 6.38. The molecule has 160 valence electrons. The van der Waals surface area contributed by atoms with Crippen LogP contribution in [-0.2, 0) is 22.6 Å². The van der Waals surface area contributed by atoms with Crippen molar-refractivity contribution >= 4 is 17.5 Å². The number of hydrogen-bond acceptors (Lipinski definition) is 4. The summed E-state index contributed by atoms with van der Waals surface area (Å²) < 4.78 is 11.0. The van der Waals surface area contributed by atoms with Crippen LogP contribution in [0.15, 0.2) is 42.5 Å². The number of rotatable bonds is 9. The number of amides is 2. The Kier molecular flexibility index (Phi) is 7.33. The van der Waals surface area contributed by atoms with E-state index in [2.05, 4.69) is 0 Å². The molecule has 0 radical (unpaired) electrons. The summed E-state index contributed by atoms with van der Waals surface area (Å²) in [5, 5.41) is 0. The summed E-state index contributed by atoms with van der Waals surface area (Å²) in [6, 6.07) is 13.5. The van der Waals surface area contributed by atoms with Crippen molar-refractivity contribution in [2.75, 3.05) is 31.7 Å². The molecule has 2 amide bonds. The molecule has 2 aromatic carbocycles. The number of hydrogen-bond donors (Lipinski definition) is 0. The molecule has 1 heterocycles. The number of ether oxygens (including phenoxy) is 2. The Balaban J connectivity index is 1.64. The highest BCUT2D eigenvalue weighted by atomic mass is 16.5. The highest BCUT2D eigenvalue weighted by molar-refractivity contribution is 5.95. The summed E-state index contributed by atoms with van der Waals surface area (Å²) in [5.74, 6) is 1.61. The monoisotopic (exact) mass is 410 g/mol. The molecule has 3 rings (SSSR count). The van der Waals surface area contributed by atoms with Crippen molar-refractivity contribution in [1.29, 1.82) is 0 Å². The van der Waals surface area contributed by atoms with Crippen LogP contribution < -0.4 is 14.4 Å². The largest absolute Gasteiger partial charge is 0.493 e. The molecule has 0 N–H and O–H groups in total. The van der Waals surface area contributed by atoms with E-state index in [1.807, 2.05) is 66.1 Å². The number of anilines is 1. The molecule has 0 bridgehead atoms. The predicted octanol–water partition coefficient (Wildman–Crippen LogP) is 3.81. The number of benzene rings is 2. The van der Waals surface area contributed by atoms with E-state index in [1.165, 1.54) is 0 Å². The molecule has 0 aromatic heterocycles. The standard InChI is InChI=1S/C24H30N2O4/c1-4-25(17-19-10-13-21(30-5-2)22(15-19)29-3)24(28)16-18-8-11-20(12-9-18)26-14-6-7-23(26)27/h8-13,15H,4-7,14,16-17H2,1-3H3. The maximum absolute atomic E-state index is 12.9. The third-order valence-corrected chi connectivity index (χ3v) is 5.31. The van der Waals surface area contributed by atoms with Gasteiger partial charge < -0.3 is 19.3 Å². The molecule has 30 heavy (non-hydrogen) atoms. The number of methoxy groups -OCH3 is 1. The van der Waals surface area contributed by atoms with Crippen LogP contribution in [0.25, 0.3) is 0 Å². The summed E-state index contributed by atoms with van der Waals surface area (Å²) >= 11 is 0. The zero-order valence-corrected chi connectivity index (χ0v) is 18.0. The molecule has 1 aliphatic rings. The second kappa shape index (κ2) is 10.1. The Labute approximate surface area is 178 Å². The van der Waals surface area contributed by atoms with Crippen molar-refractivity contribution in [3.8, 4) is 11.5 Å². The Morgan fingerprint density at radius 1 is 1.07 bits per heavy atom. The van der Waals surface area contributed by atoms with E-state index in [-0.39, 0.29) is 11.8 Å². The van der Waals surface area contributed by atoms with Crippen LogP contribution in [0.3, 0.4) is 0 Å². The number of carbonyl (C=O) groups excluding carboxylic acids is 2. The van der Waals surface area contributed by atoms with Crippen molar-refractivity contribution in [2.45, 2.75) is 39.7 Å². The fourth-order valence-corrected chi connectivity index (χ4v) is 3.68.